The minimum Gasteiger partial charge on any atom is -0.335 e. The molecule has 0 aromatic carbocycles. The van der Waals surface area contributed by atoms with Gasteiger partial charge in [0.05, 0.1) is 0 Å². The Kier molecular flexibility index (Phi) is 6.58. The summed E-state index contributed by atoms with van der Waals surface area (Å²) in [6.45, 7) is 10.5. The van der Waals surface area contributed by atoms with Crippen LogP contribution >= 0.6 is 0 Å². The predicted octanol–water partition coefficient (Wildman–Crippen LogP) is 2.04. The second-order valence-corrected chi connectivity index (χ2v) is 4.76. The van der Waals surface area contributed by atoms with Crippen LogP contribution in [-0.2, 0) is 4.79 Å². The number of hydrogen-bond acceptors (Lipinski definition) is 3. The summed E-state index contributed by atoms with van der Waals surface area (Å²) in [5, 5.41) is 9.03. The number of nitrogens with zero attached hydrogens (tertiary/aromatic N) is 3. The van der Waals surface area contributed by atoms with Gasteiger partial charge in [-0.2, -0.15) is 5.26 Å². The average molecular weight is 263 g/mol. The number of amides is 1. The lowest BCUT2D eigenvalue weighted by Crippen LogP contribution is -2.48. The quantitative estimate of drug-likeness (QED) is 0.578. The minimum atomic E-state index is -0.0739. The highest BCUT2D eigenvalue weighted by atomic mass is 16.2. The first-order chi connectivity index (χ1) is 9.24. The molecule has 2 rings (SSSR count). The summed E-state index contributed by atoms with van der Waals surface area (Å²) in [7, 11) is 0. The van der Waals surface area contributed by atoms with E-state index in [1.54, 1.807) is 0 Å². The van der Waals surface area contributed by atoms with Crippen molar-refractivity contribution >= 4 is 5.91 Å². The maximum atomic E-state index is 12.1. The third-order valence-corrected chi connectivity index (χ3v) is 3.48. The maximum absolute atomic E-state index is 12.1. The zero-order valence-corrected chi connectivity index (χ0v) is 12.4. The molecule has 1 saturated carbocycles. The van der Waals surface area contributed by atoms with Gasteiger partial charge in [-0.05, 0) is 25.3 Å². The normalized spacial score (nSPS) is 20.3. The van der Waals surface area contributed by atoms with Gasteiger partial charge in [-0.3, -0.25) is 4.79 Å². The van der Waals surface area contributed by atoms with E-state index in [-0.39, 0.29) is 5.91 Å². The molecule has 0 unspecified atom stereocenters. The fourth-order valence-corrected chi connectivity index (χ4v) is 2.09. The van der Waals surface area contributed by atoms with Crippen molar-refractivity contribution in [3.05, 3.63) is 11.6 Å². The van der Waals surface area contributed by atoms with E-state index in [4.69, 9.17) is 5.26 Å². The van der Waals surface area contributed by atoms with Crippen molar-refractivity contribution in [2.24, 2.45) is 5.92 Å². The number of allylic oxidation sites excluding steroid dienone is 1. The lowest BCUT2D eigenvalue weighted by Gasteiger charge is -2.33. The third-order valence-electron chi connectivity index (χ3n) is 3.48. The number of rotatable bonds is 3. The molecule has 1 amide bonds. The number of nitriles is 1. The van der Waals surface area contributed by atoms with Crippen LogP contribution in [0.25, 0.3) is 0 Å². The maximum Gasteiger partial charge on any atom is 0.264 e. The second-order valence-electron chi connectivity index (χ2n) is 4.76. The van der Waals surface area contributed by atoms with Gasteiger partial charge in [0.1, 0.15) is 11.6 Å². The Bertz CT molecular complexity index is 358. The van der Waals surface area contributed by atoms with E-state index in [0.717, 1.165) is 45.6 Å². The van der Waals surface area contributed by atoms with Crippen LogP contribution in [-0.4, -0.2) is 48.4 Å². The van der Waals surface area contributed by atoms with E-state index in [1.165, 1.54) is 0 Å². The highest BCUT2D eigenvalue weighted by Crippen LogP contribution is 2.31. The van der Waals surface area contributed by atoms with Crippen LogP contribution in [0.3, 0.4) is 0 Å². The molecule has 1 aliphatic carbocycles. The van der Waals surface area contributed by atoms with E-state index in [1.807, 2.05) is 24.8 Å². The summed E-state index contributed by atoms with van der Waals surface area (Å²) in [4.78, 5) is 16.2. The van der Waals surface area contributed by atoms with Crippen molar-refractivity contribution in [3.63, 3.8) is 0 Å². The van der Waals surface area contributed by atoms with Gasteiger partial charge in [-0.1, -0.05) is 26.8 Å². The van der Waals surface area contributed by atoms with Gasteiger partial charge in [0.15, 0.2) is 0 Å². The molecule has 2 aliphatic rings. The SMILES string of the molecule is CC.CCN1CCN(C(=O)/C(C#N)=C/C2CC2)CC1. The molecule has 0 bridgehead atoms. The van der Waals surface area contributed by atoms with Crippen LogP contribution in [0.15, 0.2) is 11.6 Å². The topological polar surface area (TPSA) is 47.3 Å². The first-order valence-electron chi connectivity index (χ1n) is 7.38. The monoisotopic (exact) mass is 263 g/mol. The van der Waals surface area contributed by atoms with Crippen LogP contribution in [0.5, 0.6) is 0 Å². The number of carbonyl (C=O) groups is 1. The Balaban J connectivity index is 0.000000861. The molecule has 0 N–H and O–H groups in total. The third kappa shape index (κ3) is 4.68. The van der Waals surface area contributed by atoms with Gasteiger partial charge in [0.2, 0.25) is 0 Å². The smallest absolute Gasteiger partial charge is 0.264 e. The molecule has 0 aromatic rings. The van der Waals surface area contributed by atoms with Crippen LogP contribution in [0, 0.1) is 17.2 Å². The summed E-state index contributed by atoms with van der Waals surface area (Å²) in [5.74, 6) is 0.403. The van der Waals surface area contributed by atoms with Gasteiger partial charge in [0.25, 0.3) is 5.91 Å². The van der Waals surface area contributed by atoms with Crippen molar-refractivity contribution < 1.29 is 4.79 Å². The Hall–Kier alpha value is -1.34. The van der Waals surface area contributed by atoms with Gasteiger partial charge in [-0.25, -0.2) is 0 Å². The fraction of sp³-hybridized carbons (Fsp3) is 0.733. The number of hydrogen-bond donors (Lipinski definition) is 0. The molecular formula is C15H25N3O. The number of carbonyl (C=O) groups excluding carboxylic acids is 1. The zero-order valence-electron chi connectivity index (χ0n) is 12.4. The molecule has 1 saturated heterocycles. The average Bonchev–Trinajstić information content (AvgIpc) is 3.30. The molecule has 0 radical (unpaired) electrons. The van der Waals surface area contributed by atoms with Crippen LogP contribution < -0.4 is 0 Å². The van der Waals surface area contributed by atoms with Crippen molar-refractivity contribution in [1.82, 2.24) is 9.80 Å². The van der Waals surface area contributed by atoms with Gasteiger partial charge >= 0.3 is 0 Å². The largest absolute Gasteiger partial charge is 0.335 e. The Morgan fingerprint density at radius 1 is 1.26 bits per heavy atom. The Morgan fingerprint density at radius 3 is 2.26 bits per heavy atom. The van der Waals surface area contributed by atoms with Crippen LogP contribution in [0.1, 0.15) is 33.6 Å². The standard InChI is InChI=1S/C13H19N3O.C2H6/c1-2-15-5-7-16(8-6-15)13(17)12(10-14)9-11-3-4-11;1-2/h9,11H,2-8H2,1H3;1-2H3/b12-9+;. The van der Waals surface area contributed by atoms with E-state index in [0.29, 0.717) is 11.5 Å². The van der Waals surface area contributed by atoms with Gasteiger partial charge < -0.3 is 9.80 Å². The first-order valence-corrected chi connectivity index (χ1v) is 7.38. The van der Waals surface area contributed by atoms with E-state index < -0.39 is 0 Å². The molecular weight excluding hydrogens is 238 g/mol. The highest BCUT2D eigenvalue weighted by molar-refractivity contribution is 5.97. The molecule has 19 heavy (non-hydrogen) atoms. The van der Waals surface area contributed by atoms with E-state index in [9.17, 15) is 4.79 Å². The molecule has 0 atom stereocenters. The molecule has 4 nitrogen and oxygen atoms in total. The second kappa shape index (κ2) is 7.96. The minimum absolute atomic E-state index is 0.0739. The van der Waals surface area contributed by atoms with Gasteiger partial charge in [-0.15, -0.1) is 0 Å². The van der Waals surface area contributed by atoms with E-state index in [2.05, 4.69) is 17.9 Å². The van der Waals surface area contributed by atoms with E-state index >= 15 is 0 Å². The van der Waals surface area contributed by atoms with Crippen molar-refractivity contribution in [2.75, 3.05) is 32.7 Å². The number of piperazine rings is 1. The Labute approximate surface area is 116 Å². The zero-order chi connectivity index (χ0) is 14.3. The van der Waals surface area contributed by atoms with Crippen molar-refractivity contribution in [3.8, 4) is 6.07 Å². The number of likely N-dealkylation sites (N-methyl/N-ethyl adjacent to an activating group) is 1. The highest BCUT2D eigenvalue weighted by Gasteiger charge is 2.26. The van der Waals surface area contributed by atoms with Gasteiger partial charge in [0, 0.05) is 26.2 Å². The fourth-order valence-electron chi connectivity index (χ4n) is 2.09. The molecule has 4 heteroatoms. The Morgan fingerprint density at radius 2 is 1.84 bits per heavy atom. The molecule has 0 aromatic heterocycles. The molecule has 1 heterocycles. The predicted molar refractivity (Wildman–Crippen MR) is 76.5 cm³/mol. The van der Waals surface area contributed by atoms with Crippen LogP contribution in [0.2, 0.25) is 0 Å². The summed E-state index contributed by atoms with van der Waals surface area (Å²) in [5.41, 5.74) is 0.345. The molecule has 1 aliphatic heterocycles. The van der Waals surface area contributed by atoms with Crippen molar-refractivity contribution in [1.29, 1.82) is 5.26 Å². The molecule has 0 spiro atoms. The van der Waals surface area contributed by atoms with Crippen molar-refractivity contribution in [2.45, 2.75) is 33.6 Å². The summed E-state index contributed by atoms with van der Waals surface area (Å²) < 4.78 is 0. The summed E-state index contributed by atoms with van der Waals surface area (Å²) in [6.07, 6.45) is 4.11. The molecule has 2 fully saturated rings. The lowest BCUT2D eigenvalue weighted by molar-refractivity contribution is -0.128. The summed E-state index contributed by atoms with van der Waals surface area (Å²) >= 11 is 0. The first kappa shape index (κ1) is 15.7. The lowest BCUT2D eigenvalue weighted by atomic mass is 10.2. The molecule has 106 valence electrons. The van der Waals surface area contributed by atoms with Crippen LogP contribution in [0.4, 0.5) is 0 Å². The summed E-state index contributed by atoms with van der Waals surface area (Å²) in [6, 6.07) is 2.05.